The maximum Gasteiger partial charge on any atom is 0.219 e. The van der Waals surface area contributed by atoms with Crippen LogP contribution in [0.3, 0.4) is 0 Å². The van der Waals surface area contributed by atoms with Gasteiger partial charge in [-0.1, -0.05) is 51.9 Å². The van der Waals surface area contributed by atoms with E-state index in [2.05, 4.69) is 12.2 Å². The van der Waals surface area contributed by atoms with Crippen molar-refractivity contribution in [3.63, 3.8) is 0 Å². The lowest BCUT2D eigenvalue weighted by molar-refractivity contribution is -0.121. The van der Waals surface area contributed by atoms with Crippen LogP contribution in [0.4, 0.5) is 0 Å². The predicted octanol–water partition coefficient (Wildman–Crippen LogP) is 2.20. The SMILES string of the molecule is CCCCCCCCCC(=O)NCCCC[C@H]1C[C@@H](O)[C@@H]2[C@H](O)[C@H](O)CN2C1. The lowest BCUT2D eigenvalue weighted by Crippen LogP contribution is -2.52. The first-order chi connectivity index (χ1) is 13.5. The van der Waals surface area contributed by atoms with E-state index in [-0.39, 0.29) is 11.9 Å². The van der Waals surface area contributed by atoms with Gasteiger partial charge in [-0.05, 0) is 31.6 Å². The van der Waals surface area contributed by atoms with Gasteiger partial charge in [0.05, 0.1) is 24.4 Å². The second kappa shape index (κ2) is 12.8. The van der Waals surface area contributed by atoms with Crippen molar-refractivity contribution in [2.24, 2.45) is 5.92 Å². The van der Waals surface area contributed by atoms with Gasteiger partial charge < -0.3 is 20.6 Å². The first-order valence-corrected chi connectivity index (χ1v) is 11.6. The number of fused-ring (bicyclic) bond motifs is 1. The van der Waals surface area contributed by atoms with Crippen LogP contribution in [0.15, 0.2) is 0 Å². The number of aliphatic hydroxyl groups is 3. The molecule has 1 amide bonds. The largest absolute Gasteiger partial charge is 0.391 e. The molecule has 0 aromatic rings. The Morgan fingerprint density at radius 2 is 1.64 bits per heavy atom. The minimum absolute atomic E-state index is 0.171. The van der Waals surface area contributed by atoms with E-state index in [1.165, 1.54) is 32.1 Å². The third-order valence-electron chi connectivity index (χ3n) is 6.42. The third-order valence-corrected chi connectivity index (χ3v) is 6.42. The van der Waals surface area contributed by atoms with E-state index in [0.717, 1.165) is 45.2 Å². The Morgan fingerprint density at radius 3 is 2.39 bits per heavy atom. The summed E-state index contributed by atoms with van der Waals surface area (Å²) in [7, 11) is 0. The molecule has 6 nitrogen and oxygen atoms in total. The molecular weight excluding hydrogens is 356 g/mol. The van der Waals surface area contributed by atoms with Crippen molar-refractivity contribution in [3.8, 4) is 0 Å². The zero-order chi connectivity index (χ0) is 20.4. The smallest absolute Gasteiger partial charge is 0.219 e. The molecule has 2 rings (SSSR count). The molecule has 2 heterocycles. The van der Waals surface area contributed by atoms with E-state index in [1.807, 2.05) is 4.90 Å². The molecule has 0 bridgehead atoms. The Balaban J connectivity index is 1.47. The van der Waals surface area contributed by atoms with E-state index in [9.17, 15) is 20.1 Å². The second-order valence-corrected chi connectivity index (χ2v) is 8.89. The number of aliphatic hydroxyl groups excluding tert-OH is 3. The summed E-state index contributed by atoms with van der Waals surface area (Å²) in [6.45, 7) is 4.24. The number of unbranched alkanes of at least 4 members (excludes halogenated alkanes) is 7. The van der Waals surface area contributed by atoms with Gasteiger partial charge >= 0.3 is 0 Å². The van der Waals surface area contributed by atoms with Crippen molar-refractivity contribution < 1.29 is 20.1 Å². The summed E-state index contributed by atoms with van der Waals surface area (Å²) in [4.78, 5) is 13.9. The minimum Gasteiger partial charge on any atom is -0.391 e. The number of amides is 1. The number of hydrogen-bond donors (Lipinski definition) is 4. The van der Waals surface area contributed by atoms with Crippen LogP contribution in [0.5, 0.6) is 0 Å². The second-order valence-electron chi connectivity index (χ2n) is 8.89. The molecule has 0 saturated carbocycles. The molecule has 4 N–H and O–H groups in total. The summed E-state index contributed by atoms with van der Waals surface area (Å²) in [6.07, 6.45) is 10.8. The van der Waals surface area contributed by atoms with E-state index in [0.29, 0.717) is 25.3 Å². The lowest BCUT2D eigenvalue weighted by Gasteiger charge is -2.39. The maximum absolute atomic E-state index is 11.9. The highest BCUT2D eigenvalue weighted by atomic mass is 16.3. The van der Waals surface area contributed by atoms with Crippen LogP contribution in [0.2, 0.25) is 0 Å². The van der Waals surface area contributed by atoms with Crippen LogP contribution in [0, 0.1) is 5.92 Å². The van der Waals surface area contributed by atoms with Crippen LogP contribution >= 0.6 is 0 Å². The van der Waals surface area contributed by atoms with Gasteiger partial charge in [-0.25, -0.2) is 0 Å². The molecule has 0 aromatic carbocycles. The Bertz CT molecular complexity index is 448. The fourth-order valence-corrected chi connectivity index (χ4v) is 4.79. The number of nitrogens with zero attached hydrogens (tertiary/aromatic N) is 1. The first kappa shape index (κ1) is 23.6. The molecule has 28 heavy (non-hydrogen) atoms. The molecule has 2 aliphatic heterocycles. The van der Waals surface area contributed by atoms with Crippen molar-refractivity contribution >= 4 is 5.91 Å². The molecule has 164 valence electrons. The molecule has 5 atom stereocenters. The Kier molecular flexibility index (Phi) is 10.8. The number of carbonyl (C=O) groups excluding carboxylic acids is 1. The third kappa shape index (κ3) is 7.62. The monoisotopic (exact) mass is 398 g/mol. The van der Waals surface area contributed by atoms with Crippen molar-refractivity contribution in [3.05, 3.63) is 0 Å². The molecule has 2 saturated heterocycles. The Morgan fingerprint density at radius 1 is 0.929 bits per heavy atom. The van der Waals surface area contributed by atoms with Crippen molar-refractivity contribution in [2.45, 2.75) is 108 Å². The molecule has 0 radical (unpaired) electrons. The van der Waals surface area contributed by atoms with Gasteiger partial charge in [0.15, 0.2) is 0 Å². The zero-order valence-electron chi connectivity index (χ0n) is 17.7. The summed E-state index contributed by atoms with van der Waals surface area (Å²) in [5.41, 5.74) is 0. The van der Waals surface area contributed by atoms with Crippen LogP contribution in [0.25, 0.3) is 0 Å². The van der Waals surface area contributed by atoms with Crippen molar-refractivity contribution in [1.82, 2.24) is 10.2 Å². The topological polar surface area (TPSA) is 93.0 Å². The number of rotatable bonds is 13. The zero-order valence-corrected chi connectivity index (χ0v) is 17.7. The summed E-state index contributed by atoms with van der Waals surface area (Å²) in [5, 5.41) is 33.1. The molecule has 0 unspecified atom stereocenters. The van der Waals surface area contributed by atoms with Gasteiger partial charge in [-0.15, -0.1) is 0 Å². The average Bonchev–Trinajstić information content (AvgIpc) is 2.95. The van der Waals surface area contributed by atoms with Crippen molar-refractivity contribution in [1.29, 1.82) is 0 Å². The van der Waals surface area contributed by atoms with Gasteiger partial charge in [-0.2, -0.15) is 0 Å². The first-order valence-electron chi connectivity index (χ1n) is 11.6. The number of nitrogens with one attached hydrogen (secondary N) is 1. The number of hydrogen-bond acceptors (Lipinski definition) is 5. The van der Waals surface area contributed by atoms with Crippen LogP contribution in [0.1, 0.15) is 84.0 Å². The minimum atomic E-state index is -0.831. The van der Waals surface area contributed by atoms with Gasteiger partial charge in [-0.3, -0.25) is 9.69 Å². The summed E-state index contributed by atoms with van der Waals surface area (Å²) in [5.74, 6) is 0.566. The highest BCUT2D eigenvalue weighted by molar-refractivity contribution is 5.75. The summed E-state index contributed by atoms with van der Waals surface area (Å²) < 4.78 is 0. The van der Waals surface area contributed by atoms with E-state index in [4.69, 9.17) is 0 Å². The van der Waals surface area contributed by atoms with Crippen LogP contribution in [-0.2, 0) is 4.79 Å². The number of piperidine rings is 1. The van der Waals surface area contributed by atoms with E-state index >= 15 is 0 Å². The number of carbonyl (C=O) groups is 1. The summed E-state index contributed by atoms with van der Waals surface area (Å²) in [6, 6.07) is -0.308. The fraction of sp³-hybridized carbons (Fsp3) is 0.955. The molecule has 0 spiro atoms. The maximum atomic E-state index is 11.9. The Hall–Kier alpha value is -0.690. The van der Waals surface area contributed by atoms with Crippen molar-refractivity contribution in [2.75, 3.05) is 19.6 Å². The van der Waals surface area contributed by atoms with E-state index in [1.54, 1.807) is 0 Å². The average molecular weight is 399 g/mol. The highest BCUT2D eigenvalue weighted by Gasteiger charge is 2.47. The van der Waals surface area contributed by atoms with Crippen LogP contribution in [-0.4, -0.2) is 70.1 Å². The van der Waals surface area contributed by atoms with E-state index < -0.39 is 18.3 Å². The highest BCUT2D eigenvalue weighted by Crippen LogP contribution is 2.32. The van der Waals surface area contributed by atoms with Crippen LogP contribution < -0.4 is 5.32 Å². The molecule has 0 aromatic heterocycles. The molecular formula is C22H42N2O4. The van der Waals surface area contributed by atoms with Gasteiger partial charge in [0.1, 0.15) is 0 Å². The molecule has 0 aliphatic carbocycles. The van der Waals surface area contributed by atoms with Gasteiger partial charge in [0.25, 0.3) is 0 Å². The summed E-state index contributed by atoms with van der Waals surface area (Å²) >= 11 is 0. The quantitative estimate of drug-likeness (QED) is 0.357. The molecule has 2 fully saturated rings. The fourth-order valence-electron chi connectivity index (χ4n) is 4.79. The van der Waals surface area contributed by atoms with Gasteiger partial charge in [0.2, 0.25) is 5.91 Å². The standard InChI is InChI=1S/C22H42N2O4/c1-2-3-4-5-6-7-8-12-20(27)23-13-10-9-11-17-14-18(25)21-22(28)19(26)16-24(21)15-17/h17-19,21-22,25-26,28H,2-16H2,1H3,(H,23,27)/t17-,18+,19+,21+,22+/m0/s1. The molecule has 2 aliphatic rings. The normalized spacial score (nSPS) is 30.4. The van der Waals surface area contributed by atoms with Gasteiger partial charge in [0, 0.05) is 26.1 Å². The molecule has 6 heteroatoms. The Labute approximate surface area is 170 Å². The predicted molar refractivity (Wildman–Crippen MR) is 111 cm³/mol. The lowest BCUT2D eigenvalue weighted by atomic mass is 9.86.